The number of nitrogens with one attached hydrogen (secondary N) is 3. The molecule has 1 aromatic heterocycles. The van der Waals surface area contributed by atoms with Gasteiger partial charge < -0.3 is 36.6 Å². The van der Waals surface area contributed by atoms with Crippen molar-refractivity contribution in [3.8, 4) is 5.75 Å². The van der Waals surface area contributed by atoms with Crippen LogP contribution in [-0.2, 0) is 30.5 Å². The van der Waals surface area contributed by atoms with Gasteiger partial charge in [-0.2, -0.15) is 0 Å². The molecular formula is C28H30F3N7O9S. The number of hydrogen-bond donors (Lipinski definition) is 6. The highest BCUT2D eigenvalue weighted by Gasteiger charge is 2.31. The molecule has 0 bridgehead atoms. The quantitative estimate of drug-likeness (QED) is 0.112. The third-order valence-corrected chi connectivity index (χ3v) is 7.55. The summed E-state index contributed by atoms with van der Waals surface area (Å²) in [5.74, 6) is -5.34. The van der Waals surface area contributed by atoms with Crippen LogP contribution in [0.1, 0.15) is 31.4 Å². The van der Waals surface area contributed by atoms with Crippen LogP contribution in [0.3, 0.4) is 0 Å². The number of carboxylic acid groups (broad SMARTS) is 2. The van der Waals surface area contributed by atoms with Gasteiger partial charge in [0.2, 0.25) is 17.7 Å². The number of thioether (sulfide) groups is 1. The third kappa shape index (κ3) is 11.5. The molecule has 2 aromatic carbocycles. The van der Waals surface area contributed by atoms with Crippen LogP contribution in [0.2, 0.25) is 0 Å². The maximum Gasteiger partial charge on any atom is 0.573 e. The van der Waals surface area contributed by atoms with Gasteiger partial charge in [-0.05, 0) is 49.2 Å². The lowest BCUT2D eigenvalue weighted by Gasteiger charge is -2.18. The van der Waals surface area contributed by atoms with Gasteiger partial charge in [0.05, 0.1) is 11.4 Å². The van der Waals surface area contributed by atoms with Crippen LogP contribution in [0.25, 0.3) is 10.9 Å². The molecule has 20 heteroatoms. The molecule has 1 unspecified atom stereocenters. The highest BCUT2D eigenvalue weighted by molar-refractivity contribution is 7.99. The van der Waals surface area contributed by atoms with Crippen LogP contribution < -0.4 is 32.0 Å². The van der Waals surface area contributed by atoms with Gasteiger partial charge in [0.25, 0.3) is 5.56 Å². The standard InChI is InChI=1S/C28H30F3N7O9S/c1-14(15-2-4-16(5-3-15)47-28(29,30)31)34-23(40)12-38-26(44)18-10-17(6-8-20(18)36-37-38)48-13-21(25(43)33-11-24(41)42)35-22(39)9-7-19(32)27(45)46/h2-6,8,10,14,19,21H,7,9,11-13,32H2,1H3,(H,33,43)(H,34,40)(H,35,39)(H,41,42)(H,45,46)/t14-,19-,21?/m0/s1. The Balaban J connectivity index is 1.69. The lowest BCUT2D eigenvalue weighted by atomic mass is 10.1. The second-order valence-corrected chi connectivity index (χ2v) is 11.3. The lowest BCUT2D eigenvalue weighted by molar-refractivity contribution is -0.274. The Morgan fingerprint density at radius 2 is 1.73 bits per heavy atom. The van der Waals surface area contributed by atoms with E-state index in [9.17, 15) is 41.9 Å². The number of aromatic nitrogens is 3. The summed E-state index contributed by atoms with van der Waals surface area (Å²) in [5, 5.41) is 32.8. The van der Waals surface area contributed by atoms with E-state index >= 15 is 0 Å². The minimum absolute atomic E-state index is 0.0645. The fraction of sp³-hybridized carbons (Fsp3) is 0.357. The summed E-state index contributed by atoms with van der Waals surface area (Å²) in [5.41, 5.74) is 5.38. The van der Waals surface area contributed by atoms with Gasteiger partial charge in [-0.3, -0.25) is 28.8 Å². The Labute approximate surface area is 273 Å². The molecule has 3 rings (SSSR count). The number of aliphatic carboxylic acids is 2. The summed E-state index contributed by atoms with van der Waals surface area (Å²) in [6.45, 7) is 0.324. The summed E-state index contributed by atoms with van der Waals surface area (Å²) < 4.78 is 41.8. The number of carboxylic acids is 2. The number of ether oxygens (including phenoxy) is 1. The monoisotopic (exact) mass is 697 g/mol. The Kier molecular flexibility index (Phi) is 12.8. The molecule has 1 heterocycles. The number of amides is 3. The average molecular weight is 698 g/mol. The zero-order chi connectivity index (χ0) is 35.6. The predicted molar refractivity (Wildman–Crippen MR) is 162 cm³/mol. The molecule has 7 N–H and O–H groups in total. The number of halogens is 3. The maximum absolute atomic E-state index is 13.2. The molecule has 16 nitrogen and oxygen atoms in total. The van der Waals surface area contributed by atoms with E-state index in [1.807, 2.05) is 0 Å². The van der Waals surface area contributed by atoms with E-state index in [2.05, 4.69) is 31.0 Å². The lowest BCUT2D eigenvalue weighted by Crippen LogP contribution is -2.49. The van der Waals surface area contributed by atoms with Crippen molar-refractivity contribution in [2.45, 2.75) is 55.7 Å². The van der Waals surface area contributed by atoms with Crippen molar-refractivity contribution in [1.29, 1.82) is 0 Å². The third-order valence-electron chi connectivity index (χ3n) is 6.46. The first-order valence-electron chi connectivity index (χ1n) is 13.9. The zero-order valence-electron chi connectivity index (χ0n) is 25.0. The molecule has 0 aliphatic carbocycles. The molecule has 0 saturated heterocycles. The van der Waals surface area contributed by atoms with Crippen molar-refractivity contribution in [3.63, 3.8) is 0 Å². The van der Waals surface area contributed by atoms with Gasteiger partial charge in [-0.15, -0.1) is 30.0 Å². The molecule has 0 aliphatic heterocycles. The number of nitrogens with zero attached hydrogens (tertiary/aromatic N) is 3. The molecule has 0 radical (unpaired) electrons. The summed E-state index contributed by atoms with van der Waals surface area (Å²) in [6, 6.07) is 6.13. The second-order valence-electron chi connectivity index (χ2n) is 10.2. The topological polar surface area (TPSA) is 245 Å². The first-order chi connectivity index (χ1) is 22.5. The van der Waals surface area contributed by atoms with Crippen LogP contribution >= 0.6 is 11.8 Å². The van der Waals surface area contributed by atoms with Gasteiger partial charge in [-0.25, -0.2) is 4.68 Å². The fourth-order valence-electron chi connectivity index (χ4n) is 4.04. The van der Waals surface area contributed by atoms with E-state index < -0.39 is 78.5 Å². The van der Waals surface area contributed by atoms with Crippen molar-refractivity contribution in [2.75, 3.05) is 12.3 Å². The molecular weight excluding hydrogens is 667 g/mol. The number of alkyl halides is 3. The number of carbonyl (C=O) groups is 5. The number of fused-ring (bicyclic) bond motifs is 1. The first kappa shape index (κ1) is 37.2. The smallest absolute Gasteiger partial charge is 0.480 e. The molecule has 0 aliphatic rings. The Morgan fingerprint density at radius 3 is 2.35 bits per heavy atom. The zero-order valence-corrected chi connectivity index (χ0v) is 25.8. The van der Waals surface area contributed by atoms with E-state index in [0.29, 0.717) is 10.5 Å². The first-order valence-corrected chi connectivity index (χ1v) is 14.9. The highest BCUT2D eigenvalue weighted by Crippen LogP contribution is 2.25. The van der Waals surface area contributed by atoms with Gasteiger partial charge in [-0.1, -0.05) is 17.3 Å². The van der Waals surface area contributed by atoms with Crippen LogP contribution in [0.15, 0.2) is 52.2 Å². The summed E-state index contributed by atoms with van der Waals surface area (Å²) >= 11 is 1.03. The van der Waals surface area contributed by atoms with Crippen molar-refractivity contribution >= 4 is 52.3 Å². The number of hydrogen-bond acceptors (Lipinski definition) is 11. The van der Waals surface area contributed by atoms with Gasteiger partial charge in [0.1, 0.15) is 36.4 Å². The molecule has 0 fully saturated rings. The number of carbonyl (C=O) groups excluding carboxylic acids is 3. The SMILES string of the molecule is C[C@H](NC(=O)Cn1nnc2ccc(SCC(NC(=O)CC[C@H](N)C(=O)O)C(=O)NCC(=O)O)cc2c1=O)c1ccc(OC(F)(F)F)cc1. The van der Waals surface area contributed by atoms with E-state index in [-0.39, 0.29) is 29.5 Å². The largest absolute Gasteiger partial charge is 0.573 e. The van der Waals surface area contributed by atoms with Crippen LogP contribution in [0.5, 0.6) is 5.75 Å². The summed E-state index contributed by atoms with van der Waals surface area (Å²) in [4.78, 5) is 73.1. The normalized spacial score (nSPS) is 13.2. The molecule has 3 aromatic rings. The predicted octanol–water partition coefficient (Wildman–Crippen LogP) is 0.537. The molecule has 3 atom stereocenters. The molecule has 258 valence electrons. The Morgan fingerprint density at radius 1 is 1.04 bits per heavy atom. The molecule has 48 heavy (non-hydrogen) atoms. The Hall–Kier alpha value is -5.24. The minimum Gasteiger partial charge on any atom is -0.480 e. The maximum atomic E-state index is 13.2. The number of benzene rings is 2. The van der Waals surface area contributed by atoms with Crippen molar-refractivity contribution < 1.29 is 52.1 Å². The molecule has 0 spiro atoms. The number of nitrogens with two attached hydrogens (primary N) is 1. The average Bonchev–Trinajstić information content (AvgIpc) is 3.01. The summed E-state index contributed by atoms with van der Waals surface area (Å²) in [7, 11) is 0. The second kappa shape index (κ2) is 16.5. The number of rotatable bonds is 16. The van der Waals surface area contributed by atoms with E-state index in [1.54, 1.807) is 13.0 Å². The molecule has 0 saturated carbocycles. The highest BCUT2D eigenvalue weighted by atomic mass is 32.2. The Bertz CT molecular complexity index is 1720. The van der Waals surface area contributed by atoms with Crippen LogP contribution in [-0.4, -0.2) is 85.6 Å². The van der Waals surface area contributed by atoms with Gasteiger partial charge >= 0.3 is 18.3 Å². The van der Waals surface area contributed by atoms with E-state index in [0.717, 1.165) is 28.6 Å². The van der Waals surface area contributed by atoms with Gasteiger partial charge in [0.15, 0.2) is 0 Å². The molecule has 3 amide bonds. The van der Waals surface area contributed by atoms with Crippen molar-refractivity contribution in [3.05, 3.63) is 58.4 Å². The summed E-state index contributed by atoms with van der Waals surface area (Å²) in [6.07, 6.45) is -5.37. The van der Waals surface area contributed by atoms with Crippen molar-refractivity contribution in [1.82, 2.24) is 30.9 Å². The van der Waals surface area contributed by atoms with Gasteiger partial charge in [0, 0.05) is 17.1 Å². The van der Waals surface area contributed by atoms with Crippen LogP contribution in [0, 0.1) is 0 Å². The van der Waals surface area contributed by atoms with Crippen LogP contribution in [0.4, 0.5) is 13.2 Å². The van der Waals surface area contributed by atoms with E-state index in [1.165, 1.54) is 24.3 Å². The fourth-order valence-corrected chi connectivity index (χ4v) is 5.00. The van der Waals surface area contributed by atoms with E-state index in [4.69, 9.17) is 15.9 Å². The minimum atomic E-state index is -4.85. The van der Waals surface area contributed by atoms with Crippen molar-refractivity contribution in [2.24, 2.45) is 5.73 Å².